The number of ether oxygens (including phenoxy) is 1. The van der Waals surface area contributed by atoms with Crippen LogP contribution in [0.1, 0.15) is 42.5 Å². The molecule has 0 N–H and O–H groups in total. The van der Waals surface area contributed by atoms with Gasteiger partial charge in [0.15, 0.2) is 5.82 Å². The number of halogens is 1. The third kappa shape index (κ3) is 4.23. The SMILES string of the molecule is CCn1nccc1C(=O)N1CCC(CCOC)(c2noc(-c3ccc(F)cc3)n2)CC1. The van der Waals surface area contributed by atoms with Crippen LogP contribution in [0.3, 0.4) is 0 Å². The number of aromatic nitrogens is 4. The van der Waals surface area contributed by atoms with Gasteiger partial charge >= 0.3 is 0 Å². The lowest BCUT2D eigenvalue weighted by Gasteiger charge is -2.39. The van der Waals surface area contributed by atoms with Crippen molar-refractivity contribution in [3.8, 4) is 11.5 Å². The number of benzene rings is 1. The first-order valence-corrected chi connectivity index (χ1v) is 10.5. The van der Waals surface area contributed by atoms with Crippen molar-refractivity contribution < 1.29 is 18.4 Å². The van der Waals surface area contributed by atoms with Gasteiger partial charge in [-0.3, -0.25) is 9.48 Å². The second-order valence-electron chi connectivity index (χ2n) is 7.78. The maximum absolute atomic E-state index is 13.2. The molecular formula is C22H26FN5O3. The van der Waals surface area contributed by atoms with Crippen LogP contribution >= 0.6 is 0 Å². The first-order valence-electron chi connectivity index (χ1n) is 10.5. The summed E-state index contributed by atoms with van der Waals surface area (Å²) in [6.07, 6.45) is 3.77. The lowest BCUT2D eigenvalue weighted by molar-refractivity contribution is 0.0604. The lowest BCUT2D eigenvalue weighted by atomic mass is 9.75. The highest BCUT2D eigenvalue weighted by atomic mass is 19.1. The van der Waals surface area contributed by atoms with E-state index >= 15 is 0 Å². The number of carbonyl (C=O) groups is 1. The van der Waals surface area contributed by atoms with Crippen molar-refractivity contribution in [2.75, 3.05) is 26.8 Å². The molecule has 9 heteroatoms. The number of nitrogens with zero attached hydrogens (tertiary/aromatic N) is 5. The predicted octanol–water partition coefficient (Wildman–Crippen LogP) is 3.30. The lowest BCUT2D eigenvalue weighted by Crippen LogP contribution is -2.46. The summed E-state index contributed by atoms with van der Waals surface area (Å²) in [6.45, 7) is 4.33. The second-order valence-corrected chi connectivity index (χ2v) is 7.78. The zero-order valence-corrected chi connectivity index (χ0v) is 17.8. The summed E-state index contributed by atoms with van der Waals surface area (Å²) in [6, 6.07) is 7.72. The molecule has 1 amide bonds. The zero-order chi connectivity index (χ0) is 21.8. The van der Waals surface area contributed by atoms with E-state index in [1.807, 2.05) is 11.8 Å². The normalized spacial score (nSPS) is 15.9. The van der Waals surface area contributed by atoms with E-state index in [1.165, 1.54) is 12.1 Å². The van der Waals surface area contributed by atoms with Crippen molar-refractivity contribution in [3.05, 3.63) is 53.9 Å². The number of hydrogen-bond acceptors (Lipinski definition) is 6. The first-order chi connectivity index (χ1) is 15.1. The van der Waals surface area contributed by atoms with E-state index < -0.39 is 0 Å². The van der Waals surface area contributed by atoms with Gasteiger partial charge in [-0.2, -0.15) is 10.1 Å². The highest BCUT2D eigenvalue weighted by Crippen LogP contribution is 2.38. The molecule has 3 heterocycles. The summed E-state index contributed by atoms with van der Waals surface area (Å²) in [5.74, 6) is 0.632. The Hall–Kier alpha value is -3.07. The van der Waals surface area contributed by atoms with E-state index in [9.17, 15) is 9.18 Å². The number of aryl methyl sites for hydroxylation is 1. The zero-order valence-electron chi connectivity index (χ0n) is 17.8. The summed E-state index contributed by atoms with van der Waals surface area (Å²) in [4.78, 5) is 19.5. The Labute approximate surface area is 180 Å². The molecular weight excluding hydrogens is 401 g/mol. The van der Waals surface area contributed by atoms with Crippen molar-refractivity contribution in [2.45, 2.75) is 38.1 Å². The first kappa shape index (κ1) is 21.2. The van der Waals surface area contributed by atoms with Crippen molar-refractivity contribution in [2.24, 2.45) is 0 Å². The molecule has 0 radical (unpaired) electrons. The van der Waals surface area contributed by atoms with Crippen LogP contribution < -0.4 is 0 Å². The van der Waals surface area contributed by atoms with Crippen molar-refractivity contribution >= 4 is 5.91 Å². The van der Waals surface area contributed by atoms with E-state index in [0.717, 1.165) is 6.42 Å². The Bertz CT molecular complexity index is 1020. The molecule has 1 aliphatic rings. The van der Waals surface area contributed by atoms with E-state index in [0.29, 0.717) is 62.1 Å². The Morgan fingerprint density at radius 3 is 2.65 bits per heavy atom. The average Bonchev–Trinajstić information content (AvgIpc) is 3.48. The van der Waals surface area contributed by atoms with Crippen LogP contribution in [0.15, 0.2) is 41.1 Å². The van der Waals surface area contributed by atoms with Crippen LogP contribution in [0.2, 0.25) is 0 Å². The van der Waals surface area contributed by atoms with Crippen molar-refractivity contribution in [3.63, 3.8) is 0 Å². The van der Waals surface area contributed by atoms with Crippen molar-refractivity contribution in [1.82, 2.24) is 24.8 Å². The molecule has 0 spiro atoms. The molecule has 1 saturated heterocycles. The van der Waals surface area contributed by atoms with Crippen LogP contribution in [0.5, 0.6) is 0 Å². The minimum Gasteiger partial charge on any atom is -0.385 e. The molecule has 0 unspecified atom stereocenters. The Morgan fingerprint density at radius 2 is 1.97 bits per heavy atom. The maximum Gasteiger partial charge on any atom is 0.272 e. The molecule has 0 aliphatic carbocycles. The molecule has 4 rings (SSSR count). The molecule has 8 nitrogen and oxygen atoms in total. The molecule has 0 saturated carbocycles. The van der Waals surface area contributed by atoms with Gasteiger partial charge in [0.25, 0.3) is 11.8 Å². The molecule has 1 aliphatic heterocycles. The Balaban J connectivity index is 1.53. The number of hydrogen-bond donors (Lipinski definition) is 0. The number of likely N-dealkylation sites (tertiary alicyclic amines) is 1. The molecule has 1 fully saturated rings. The quantitative estimate of drug-likeness (QED) is 0.575. The van der Waals surface area contributed by atoms with Crippen LogP contribution in [-0.4, -0.2) is 57.5 Å². The smallest absolute Gasteiger partial charge is 0.272 e. The van der Waals surface area contributed by atoms with E-state index in [1.54, 1.807) is 36.2 Å². The largest absolute Gasteiger partial charge is 0.385 e. The molecule has 0 atom stereocenters. The number of methoxy groups -OCH3 is 1. The molecule has 164 valence electrons. The Morgan fingerprint density at radius 1 is 1.23 bits per heavy atom. The van der Waals surface area contributed by atoms with Gasteiger partial charge in [-0.25, -0.2) is 4.39 Å². The highest BCUT2D eigenvalue weighted by Gasteiger charge is 2.41. The number of rotatable bonds is 7. The van der Waals surface area contributed by atoms with E-state index in [4.69, 9.17) is 9.26 Å². The maximum atomic E-state index is 13.2. The van der Waals surface area contributed by atoms with Gasteiger partial charge in [0.05, 0.1) is 0 Å². The van der Waals surface area contributed by atoms with Crippen LogP contribution in [0.4, 0.5) is 4.39 Å². The van der Waals surface area contributed by atoms with Crippen LogP contribution in [0.25, 0.3) is 11.5 Å². The van der Waals surface area contributed by atoms with Crippen LogP contribution in [0, 0.1) is 5.82 Å². The molecule has 2 aromatic heterocycles. The summed E-state index contributed by atoms with van der Waals surface area (Å²) in [7, 11) is 1.67. The van der Waals surface area contributed by atoms with Crippen molar-refractivity contribution in [1.29, 1.82) is 0 Å². The third-order valence-corrected chi connectivity index (χ3v) is 6.02. The average molecular weight is 427 g/mol. The monoisotopic (exact) mass is 427 g/mol. The topological polar surface area (TPSA) is 86.3 Å². The molecule has 31 heavy (non-hydrogen) atoms. The highest BCUT2D eigenvalue weighted by molar-refractivity contribution is 5.92. The molecule has 3 aromatic rings. The van der Waals surface area contributed by atoms with Gasteiger partial charge in [0.2, 0.25) is 0 Å². The van der Waals surface area contributed by atoms with E-state index in [2.05, 4.69) is 15.2 Å². The standard InChI is InChI=1S/C22H26FN5O3/c1-3-28-18(8-12-24-28)20(29)27-13-9-22(10-14-27,11-15-30-2)21-25-19(31-26-21)16-4-6-17(23)7-5-16/h4-8,12H,3,9-11,13-15H2,1-2H3. The summed E-state index contributed by atoms with van der Waals surface area (Å²) < 4.78 is 25.8. The summed E-state index contributed by atoms with van der Waals surface area (Å²) in [5, 5.41) is 8.46. The predicted molar refractivity (Wildman–Crippen MR) is 111 cm³/mol. The fourth-order valence-corrected chi connectivity index (χ4v) is 4.10. The van der Waals surface area contributed by atoms with Crippen LogP contribution in [-0.2, 0) is 16.7 Å². The number of carbonyl (C=O) groups excluding carboxylic acids is 1. The third-order valence-electron chi connectivity index (χ3n) is 6.02. The summed E-state index contributed by atoms with van der Waals surface area (Å²) in [5.41, 5.74) is 0.923. The second kappa shape index (κ2) is 8.97. The minimum atomic E-state index is -0.348. The fraction of sp³-hybridized carbons (Fsp3) is 0.455. The summed E-state index contributed by atoms with van der Waals surface area (Å²) >= 11 is 0. The van der Waals surface area contributed by atoms with Gasteiger partial charge in [-0.05, 0) is 56.5 Å². The number of amides is 1. The Kier molecular flexibility index (Phi) is 6.13. The molecule has 1 aromatic carbocycles. The van der Waals surface area contributed by atoms with Gasteiger partial charge in [-0.15, -0.1) is 0 Å². The van der Waals surface area contributed by atoms with Gasteiger partial charge in [0, 0.05) is 50.5 Å². The minimum absolute atomic E-state index is 0.0141. The van der Waals surface area contributed by atoms with Gasteiger partial charge in [-0.1, -0.05) is 5.16 Å². The fourth-order valence-electron chi connectivity index (χ4n) is 4.10. The van der Waals surface area contributed by atoms with E-state index in [-0.39, 0.29) is 17.1 Å². The number of piperidine rings is 1. The van der Waals surface area contributed by atoms with Gasteiger partial charge < -0.3 is 14.2 Å². The van der Waals surface area contributed by atoms with Gasteiger partial charge in [0.1, 0.15) is 11.5 Å². The molecule has 0 bridgehead atoms.